The number of rotatable bonds is 4. The van der Waals surface area contributed by atoms with Crippen LogP contribution in [0.25, 0.3) is 0 Å². The Balaban J connectivity index is 1.53. The molecule has 1 aliphatic carbocycles. The summed E-state index contributed by atoms with van der Waals surface area (Å²) in [6.07, 6.45) is 6.97. The van der Waals surface area contributed by atoms with E-state index in [4.69, 9.17) is 9.47 Å². The molecule has 2 fully saturated rings. The molecule has 1 unspecified atom stereocenters. The highest BCUT2D eigenvalue weighted by Gasteiger charge is 2.16. The van der Waals surface area contributed by atoms with E-state index < -0.39 is 0 Å². The molecule has 3 heteroatoms. The molecule has 0 aromatic heterocycles. The quantitative estimate of drug-likeness (QED) is 0.769. The Morgan fingerprint density at radius 1 is 1.13 bits per heavy atom. The van der Waals surface area contributed by atoms with Crippen LogP contribution >= 0.6 is 0 Å². The van der Waals surface area contributed by atoms with Crippen LogP contribution in [0, 0.1) is 5.92 Å². The summed E-state index contributed by atoms with van der Waals surface area (Å²) >= 11 is 0. The SMILES string of the molecule is C1CCC(COCC2COCCN2)CC1. The number of hydrogen-bond acceptors (Lipinski definition) is 3. The van der Waals surface area contributed by atoms with Gasteiger partial charge in [-0.25, -0.2) is 0 Å². The molecule has 1 aliphatic heterocycles. The molecular formula is C12H23NO2. The fourth-order valence-electron chi connectivity index (χ4n) is 2.46. The lowest BCUT2D eigenvalue weighted by atomic mass is 9.90. The summed E-state index contributed by atoms with van der Waals surface area (Å²) in [5, 5.41) is 3.41. The minimum atomic E-state index is 0.419. The van der Waals surface area contributed by atoms with E-state index in [1.165, 1.54) is 32.1 Å². The zero-order valence-electron chi connectivity index (χ0n) is 9.54. The molecule has 1 saturated heterocycles. The summed E-state index contributed by atoms with van der Waals surface area (Å²) in [4.78, 5) is 0. The zero-order valence-corrected chi connectivity index (χ0v) is 9.54. The molecule has 0 spiro atoms. The minimum Gasteiger partial charge on any atom is -0.379 e. The van der Waals surface area contributed by atoms with Crippen molar-refractivity contribution in [1.82, 2.24) is 5.32 Å². The van der Waals surface area contributed by atoms with Gasteiger partial charge in [-0.2, -0.15) is 0 Å². The summed E-state index contributed by atoms with van der Waals surface area (Å²) in [6, 6.07) is 0.419. The van der Waals surface area contributed by atoms with E-state index in [9.17, 15) is 0 Å². The molecule has 3 nitrogen and oxygen atoms in total. The van der Waals surface area contributed by atoms with Crippen LogP contribution in [0.2, 0.25) is 0 Å². The number of morpholine rings is 1. The maximum atomic E-state index is 5.77. The highest BCUT2D eigenvalue weighted by atomic mass is 16.5. The van der Waals surface area contributed by atoms with Gasteiger partial charge in [0, 0.05) is 13.2 Å². The molecule has 2 aliphatic rings. The first kappa shape index (κ1) is 11.4. The van der Waals surface area contributed by atoms with Crippen molar-refractivity contribution in [3.63, 3.8) is 0 Å². The molecule has 15 heavy (non-hydrogen) atoms. The van der Waals surface area contributed by atoms with Gasteiger partial charge >= 0.3 is 0 Å². The molecule has 88 valence electrons. The van der Waals surface area contributed by atoms with Crippen molar-refractivity contribution in [2.24, 2.45) is 5.92 Å². The molecule has 1 atom stereocenters. The maximum Gasteiger partial charge on any atom is 0.0642 e. The van der Waals surface area contributed by atoms with E-state index in [1.54, 1.807) is 0 Å². The highest BCUT2D eigenvalue weighted by molar-refractivity contribution is 4.70. The second kappa shape index (κ2) is 6.46. The first-order chi connectivity index (χ1) is 7.45. The van der Waals surface area contributed by atoms with Gasteiger partial charge in [-0.1, -0.05) is 19.3 Å². The lowest BCUT2D eigenvalue weighted by Gasteiger charge is -2.26. The minimum absolute atomic E-state index is 0.419. The molecule has 1 saturated carbocycles. The molecular weight excluding hydrogens is 190 g/mol. The zero-order chi connectivity index (χ0) is 10.3. The normalized spacial score (nSPS) is 29.2. The van der Waals surface area contributed by atoms with Crippen LogP contribution < -0.4 is 5.32 Å². The van der Waals surface area contributed by atoms with Crippen molar-refractivity contribution < 1.29 is 9.47 Å². The van der Waals surface area contributed by atoms with Crippen LogP contribution in [0.1, 0.15) is 32.1 Å². The van der Waals surface area contributed by atoms with E-state index in [1.807, 2.05) is 0 Å². The Morgan fingerprint density at radius 2 is 2.00 bits per heavy atom. The van der Waals surface area contributed by atoms with Gasteiger partial charge in [-0.15, -0.1) is 0 Å². The van der Waals surface area contributed by atoms with Gasteiger partial charge in [0.2, 0.25) is 0 Å². The number of nitrogens with one attached hydrogen (secondary N) is 1. The molecule has 1 N–H and O–H groups in total. The monoisotopic (exact) mass is 213 g/mol. The summed E-state index contributed by atoms with van der Waals surface area (Å²) in [6.45, 7) is 4.40. The van der Waals surface area contributed by atoms with Crippen LogP contribution in [0.3, 0.4) is 0 Å². The fourth-order valence-corrected chi connectivity index (χ4v) is 2.46. The molecule has 0 aromatic carbocycles. The molecule has 0 amide bonds. The van der Waals surface area contributed by atoms with Gasteiger partial charge in [-0.3, -0.25) is 0 Å². The summed E-state index contributed by atoms with van der Waals surface area (Å²) in [5.74, 6) is 0.822. The van der Waals surface area contributed by atoms with E-state index in [0.29, 0.717) is 6.04 Å². The molecule has 2 rings (SSSR count). The lowest BCUT2D eigenvalue weighted by Crippen LogP contribution is -2.44. The van der Waals surface area contributed by atoms with E-state index in [-0.39, 0.29) is 0 Å². The van der Waals surface area contributed by atoms with Crippen LogP contribution in [0.15, 0.2) is 0 Å². The maximum absolute atomic E-state index is 5.77. The molecule has 0 aromatic rings. The second-order valence-electron chi connectivity index (χ2n) is 4.77. The van der Waals surface area contributed by atoms with E-state index in [2.05, 4.69) is 5.32 Å². The third-order valence-corrected chi connectivity index (χ3v) is 3.40. The van der Waals surface area contributed by atoms with Crippen molar-refractivity contribution in [3.05, 3.63) is 0 Å². The van der Waals surface area contributed by atoms with Gasteiger partial charge < -0.3 is 14.8 Å². The van der Waals surface area contributed by atoms with Crippen molar-refractivity contribution in [3.8, 4) is 0 Å². The average molecular weight is 213 g/mol. The molecule has 0 bridgehead atoms. The Kier molecular flexibility index (Phi) is 4.90. The standard InChI is InChI=1S/C12H23NO2/c1-2-4-11(5-3-1)8-15-10-12-9-14-7-6-13-12/h11-13H,1-10H2. The molecule has 0 radical (unpaired) electrons. The van der Waals surface area contributed by atoms with E-state index >= 15 is 0 Å². The Morgan fingerprint density at radius 3 is 2.73 bits per heavy atom. The van der Waals surface area contributed by atoms with Crippen molar-refractivity contribution in [1.29, 1.82) is 0 Å². The number of hydrogen-bond donors (Lipinski definition) is 1. The van der Waals surface area contributed by atoms with Crippen molar-refractivity contribution in [2.45, 2.75) is 38.1 Å². The first-order valence-electron chi connectivity index (χ1n) is 6.34. The largest absolute Gasteiger partial charge is 0.379 e. The van der Waals surface area contributed by atoms with Crippen LogP contribution in [-0.2, 0) is 9.47 Å². The Hall–Kier alpha value is -0.120. The first-order valence-corrected chi connectivity index (χ1v) is 6.34. The van der Waals surface area contributed by atoms with Crippen LogP contribution in [0.5, 0.6) is 0 Å². The summed E-state index contributed by atoms with van der Waals surface area (Å²) in [7, 11) is 0. The lowest BCUT2D eigenvalue weighted by molar-refractivity contribution is 0.0157. The van der Waals surface area contributed by atoms with E-state index in [0.717, 1.165) is 38.9 Å². The predicted molar refractivity (Wildman–Crippen MR) is 60.0 cm³/mol. The Bertz CT molecular complexity index is 145. The van der Waals surface area contributed by atoms with Gasteiger partial charge in [0.1, 0.15) is 0 Å². The Labute approximate surface area is 92.5 Å². The summed E-state index contributed by atoms with van der Waals surface area (Å²) in [5.41, 5.74) is 0. The van der Waals surface area contributed by atoms with Crippen LogP contribution in [-0.4, -0.2) is 39.0 Å². The summed E-state index contributed by atoms with van der Waals surface area (Å²) < 4.78 is 11.2. The highest BCUT2D eigenvalue weighted by Crippen LogP contribution is 2.23. The van der Waals surface area contributed by atoms with Crippen LogP contribution in [0.4, 0.5) is 0 Å². The second-order valence-corrected chi connectivity index (χ2v) is 4.77. The topological polar surface area (TPSA) is 30.5 Å². The van der Waals surface area contributed by atoms with Crippen molar-refractivity contribution in [2.75, 3.05) is 33.0 Å². The van der Waals surface area contributed by atoms with Gasteiger partial charge in [0.15, 0.2) is 0 Å². The molecule has 1 heterocycles. The predicted octanol–water partition coefficient (Wildman–Crippen LogP) is 1.57. The fraction of sp³-hybridized carbons (Fsp3) is 1.00. The smallest absolute Gasteiger partial charge is 0.0642 e. The van der Waals surface area contributed by atoms with Gasteiger partial charge in [0.25, 0.3) is 0 Å². The average Bonchev–Trinajstić information content (AvgIpc) is 2.32. The third kappa shape index (κ3) is 4.09. The van der Waals surface area contributed by atoms with Gasteiger partial charge in [-0.05, 0) is 18.8 Å². The van der Waals surface area contributed by atoms with Crippen molar-refractivity contribution >= 4 is 0 Å². The third-order valence-electron chi connectivity index (χ3n) is 3.40. The van der Waals surface area contributed by atoms with Gasteiger partial charge in [0.05, 0.1) is 25.9 Å². The number of ether oxygens (including phenoxy) is 2.